The van der Waals surface area contributed by atoms with E-state index in [9.17, 15) is 13.6 Å². The first-order valence-corrected chi connectivity index (χ1v) is 7.33. The summed E-state index contributed by atoms with van der Waals surface area (Å²) >= 11 is 0. The maximum Gasteiger partial charge on any atom is 0.586 e. The van der Waals surface area contributed by atoms with Gasteiger partial charge in [-0.15, -0.1) is 8.78 Å². The molecule has 2 aromatic rings. The van der Waals surface area contributed by atoms with Crippen LogP contribution < -0.4 is 14.8 Å². The predicted molar refractivity (Wildman–Crippen MR) is 84.1 cm³/mol. The molecule has 0 unspecified atom stereocenters. The van der Waals surface area contributed by atoms with E-state index in [1.807, 2.05) is 42.3 Å². The number of nitrogens with zero attached hydrogens (tertiary/aromatic N) is 1. The van der Waals surface area contributed by atoms with Gasteiger partial charge in [-0.25, -0.2) is 0 Å². The second-order valence-corrected chi connectivity index (χ2v) is 5.54. The van der Waals surface area contributed by atoms with Crippen LogP contribution in [0.4, 0.5) is 14.5 Å². The van der Waals surface area contributed by atoms with Gasteiger partial charge in [-0.3, -0.25) is 9.69 Å². The van der Waals surface area contributed by atoms with Gasteiger partial charge in [0.1, 0.15) is 0 Å². The molecule has 2 aromatic carbocycles. The van der Waals surface area contributed by atoms with Crippen LogP contribution in [0.15, 0.2) is 48.5 Å². The van der Waals surface area contributed by atoms with Gasteiger partial charge < -0.3 is 14.8 Å². The Morgan fingerprint density at radius 3 is 2.58 bits per heavy atom. The lowest BCUT2D eigenvalue weighted by atomic mass is 10.2. The third-order valence-corrected chi connectivity index (χ3v) is 3.39. The van der Waals surface area contributed by atoms with Crippen molar-refractivity contribution in [2.75, 3.05) is 18.9 Å². The zero-order chi connectivity index (χ0) is 17.2. The SMILES string of the molecule is CN(CC(=O)Nc1ccc2c(c1)OC(F)(F)O2)Cc1ccccc1. The molecule has 5 nitrogen and oxygen atoms in total. The summed E-state index contributed by atoms with van der Waals surface area (Å²) in [5.41, 5.74) is 1.46. The standard InChI is InChI=1S/C17H16F2N2O3/c1-21(10-12-5-3-2-4-6-12)11-16(22)20-13-7-8-14-15(9-13)24-17(18,19)23-14/h2-9H,10-11H2,1H3,(H,20,22). The number of hydrogen-bond acceptors (Lipinski definition) is 4. The number of hydrogen-bond donors (Lipinski definition) is 1. The van der Waals surface area contributed by atoms with Crippen LogP contribution in [0.25, 0.3) is 0 Å². The summed E-state index contributed by atoms with van der Waals surface area (Å²) in [7, 11) is 1.83. The molecule has 3 rings (SSSR count). The smallest absolute Gasteiger partial charge is 0.395 e. The van der Waals surface area contributed by atoms with E-state index in [2.05, 4.69) is 14.8 Å². The summed E-state index contributed by atoms with van der Waals surface area (Å²) in [6.07, 6.45) is -3.67. The Bertz CT molecular complexity index is 738. The van der Waals surface area contributed by atoms with Crippen molar-refractivity contribution < 1.29 is 23.0 Å². The van der Waals surface area contributed by atoms with Crippen molar-refractivity contribution in [3.63, 3.8) is 0 Å². The number of likely N-dealkylation sites (N-methyl/N-ethyl adjacent to an activating group) is 1. The van der Waals surface area contributed by atoms with Crippen molar-refractivity contribution in [1.82, 2.24) is 4.90 Å². The van der Waals surface area contributed by atoms with Gasteiger partial charge in [-0.2, -0.15) is 0 Å². The number of anilines is 1. The van der Waals surface area contributed by atoms with Crippen molar-refractivity contribution in [2.24, 2.45) is 0 Å². The zero-order valence-electron chi connectivity index (χ0n) is 13.0. The van der Waals surface area contributed by atoms with E-state index in [0.717, 1.165) is 5.56 Å². The molecule has 1 N–H and O–H groups in total. The molecule has 24 heavy (non-hydrogen) atoms. The zero-order valence-corrected chi connectivity index (χ0v) is 13.0. The number of alkyl halides is 2. The molecular formula is C17H16F2N2O3. The summed E-state index contributed by atoms with van der Waals surface area (Å²) in [5.74, 6) is -0.409. The van der Waals surface area contributed by atoms with Crippen molar-refractivity contribution in [2.45, 2.75) is 12.8 Å². The van der Waals surface area contributed by atoms with Gasteiger partial charge in [0.25, 0.3) is 0 Å². The van der Waals surface area contributed by atoms with Crippen molar-refractivity contribution in [3.8, 4) is 11.5 Å². The van der Waals surface area contributed by atoms with Crippen LogP contribution in [0.5, 0.6) is 11.5 Å². The molecule has 1 aliphatic rings. The second kappa shape index (κ2) is 6.45. The Balaban J connectivity index is 1.56. The highest BCUT2D eigenvalue weighted by Crippen LogP contribution is 2.42. The number of ether oxygens (including phenoxy) is 2. The average molecular weight is 334 g/mol. The lowest BCUT2D eigenvalue weighted by molar-refractivity contribution is -0.286. The normalized spacial score (nSPS) is 14.7. The molecule has 126 valence electrons. The van der Waals surface area contributed by atoms with Gasteiger partial charge in [-0.05, 0) is 24.7 Å². The number of halogens is 2. The molecule has 0 fully saturated rings. The number of nitrogens with one attached hydrogen (secondary N) is 1. The first kappa shape index (κ1) is 16.2. The van der Waals surface area contributed by atoms with Crippen LogP contribution in [-0.4, -0.2) is 30.7 Å². The second-order valence-electron chi connectivity index (χ2n) is 5.54. The Labute approximate surface area is 137 Å². The molecule has 0 saturated heterocycles. The molecule has 0 bridgehead atoms. The topological polar surface area (TPSA) is 50.8 Å². The van der Waals surface area contributed by atoms with E-state index in [0.29, 0.717) is 12.2 Å². The molecular weight excluding hydrogens is 318 g/mol. The van der Waals surface area contributed by atoms with Crippen LogP contribution in [0, 0.1) is 0 Å². The van der Waals surface area contributed by atoms with Gasteiger partial charge in [0.2, 0.25) is 5.91 Å². The van der Waals surface area contributed by atoms with E-state index in [1.165, 1.54) is 18.2 Å². The largest absolute Gasteiger partial charge is 0.586 e. The van der Waals surface area contributed by atoms with E-state index < -0.39 is 6.29 Å². The van der Waals surface area contributed by atoms with Crippen LogP contribution >= 0.6 is 0 Å². The minimum atomic E-state index is -3.67. The number of carbonyl (C=O) groups is 1. The van der Waals surface area contributed by atoms with Crippen molar-refractivity contribution >= 4 is 11.6 Å². The molecule has 0 radical (unpaired) electrons. The van der Waals surface area contributed by atoms with Gasteiger partial charge in [-0.1, -0.05) is 30.3 Å². The first-order chi connectivity index (χ1) is 11.4. The lowest BCUT2D eigenvalue weighted by Gasteiger charge is -2.16. The van der Waals surface area contributed by atoms with E-state index in [-0.39, 0.29) is 24.0 Å². The van der Waals surface area contributed by atoms with Crippen LogP contribution in [0.1, 0.15) is 5.56 Å². The number of rotatable bonds is 5. The minimum absolute atomic E-state index is 0.0563. The Morgan fingerprint density at radius 2 is 1.83 bits per heavy atom. The highest BCUT2D eigenvalue weighted by atomic mass is 19.3. The van der Waals surface area contributed by atoms with E-state index in [4.69, 9.17) is 0 Å². The number of fused-ring (bicyclic) bond motifs is 1. The van der Waals surface area contributed by atoms with Gasteiger partial charge >= 0.3 is 6.29 Å². The Hall–Kier alpha value is -2.67. The Morgan fingerprint density at radius 1 is 1.12 bits per heavy atom. The molecule has 1 amide bonds. The molecule has 0 saturated carbocycles. The van der Waals surface area contributed by atoms with E-state index in [1.54, 1.807) is 0 Å². The summed E-state index contributed by atoms with van der Waals surface area (Å²) in [5, 5.41) is 2.65. The molecule has 0 aliphatic carbocycles. The van der Waals surface area contributed by atoms with Crippen LogP contribution in [-0.2, 0) is 11.3 Å². The fourth-order valence-electron chi connectivity index (χ4n) is 2.42. The monoisotopic (exact) mass is 334 g/mol. The van der Waals surface area contributed by atoms with Crippen LogP contribution in [0.2, 0.25) is 0 Å². The van der Waals surface area contributed by atoms with Crippen molar-refractivity contribution in [1.29, 1.82) is 0 Å². The summed E-state index contributed by atoms with van der Waals surface area (Å²) in [4.78, 5) is 13.9. The number of carbonyl (C=O) groups excluding carboxylic acids is 1. The molecule has 1 heterocycles. The fraction of sp³-hybridized carbons (Fsp3) is 0.235. The maximum absolute atomic E-state index is 13.0. The Kier molecular flexibility index (Phi) is 4.35. The first-order valence-electron chi connectivity index (χ1n) is 7.33. The lowest BCUT2D eigenvalue weighted by Crippen LogP contribution is -2.29. The van der Waals surface area contributed by atoms with Gasteiger partial charge in [0, 0.05) is 18.3 Å². The fourth-order valence-corrected chi connectivity index (χ4v) is 2.42. The molecule has 0 atom stereocenters. The summed E-state index contributed by atoms with van der Waals surface area (Å²) in [6.45, 7) is 0.793. The molecule has 7 heteroatoms. The highest BCUT2D eigenvalue weighted by molar-refractivity contribution is 5.92. The third kappa shape index (κ3) is 3.99. The third-order valence-electron chi connectivity index (χ3n) is 3.39. The highest BCUT2D eigenvalue weighted by Gasteiger charge is 2.43. The van der Waals surface area contributed by atoms with Gasteiger partial charge in [0.15, 0.2) is 11.5 Å². The molecule has 0 spiro atoms. The van der Waals surface area contributed by atoms with Crippen LogP contribution in [0.3, 0.4) is 0 Å². The van der Waals surface area contributed by atoms with Gasteiger partial charge in [0.05, 0.1) is 6.54 Å². The minimum Gasteiger partial charge on any atom is -0.395 e. The summed E-state index contributed by atoms with van der Waals surface area (Å²) in [6, 6.07) is 13.9. The van der Waals surface area contributed by atoms with Crippen molar-refractivity contribution in [3.05, 3.63) is 54.1 Å². The van der Waals surface area contributed by atoms with E-state index >= 15 is 0 Å². The number of benzene rings is 2. The number of amides is 1. The maximum atomic E-state index is 13.0. The predicted octanol–water partition coefficient (Wildman–Crippen LogP) is 3.08. The average Bonchev–Trinajstić information content (AvgIpc) is 2.81. The quantitative estimate of drug-likeness (QED) is 0.913. The molecule has 0 aromatic heterocycles. The summed E-state index contributed by atoms with van der Waals surface area (Å²) < 4.78 is 34.6. The molecule has 1 aliphatic heterocycles.